The fourth-order valence-electron chi connectivity index (χ4n) is 7.78. The van der Waals surface area contributed by atoms with Crippen molar-refractivity contribution in [3.05, 3.63) is 122 Å². The molecule has 0 heterocycles. The number of rotatable bonds is 52. The first kappa shape index (κ1) is 67.8. The smallest absolute Gasteiger partial charge is 0.306 e. The minimum Gasteiger partial charge on any atom is -0.462 e. The SMILES string of the molecule is CC/C=C\C/C=C\C/C=C\C/C=C\C/C=C\C/C=C\C/C=C\C/C=C\CCCCCCC(=O)OCC(COC(=O)CCCCCCCC)OC(=O)CCCCCCCCCCC/C=C\C/C=C\CCCCC. The molecule has 0 radical (unpaired) electrons. The van der Waals surface area contributed by atoms with Crippen LogP contribution in [0.4, 0.5) is 0 Å². The maximum absolute atomic E-state index is 12.8. The van der Waals surface area contributed by atoms with Crippen LogP contribution in [0.25, 0.3) is 0 Å². The highest BCUT2D eigenvalue weighted by Gasteiger charge is 2.19. The number of esters is 3. The normalized spacial score (nSPS) is 13.0. The van der Waals surface area contributed by atoms with E-state index in [-0.39, 0.29) is 31.1 Å². The van der Waals surface area contributed by atoms with Crippen LogP contribution in [0, 0.1) is 0 Å². The fourth-order valence-corrected chi connectivity index (χ4v) is 7.78. The average molecular weight is 998 g/mol. The van der Waals surface area contributed by atoms with Crippen molar-refractivity contribution in [1.82, 2.24) is 0 Å². The Kier molecular flexibility index (Phi) is 55.9. The van der Waals surface area contributed by atoms with Gasteiger partial charge in [0.1, 0.15) is 13.2 Å². The van der Waals surface area contributed by atoms with Crippen LogP contribution < -0.4 is 0 Å². The number of carbonyl (C=O) groups is 3. The molecule has 0 rings (SSSR count). The summed E-state index contributed by atoms with van der Waals surface area (Å²) in [4.78, 5) is 37.9. The Bertz CT molecular complexity index is 1520. The number of carbonyl (C=O) groups excluding carboxylic acids is 3. The van der Waals surface area contributed by atoms with E-state index in [0.29, 0.717) is 19.3 Å². The molecule has 0 saturated heterocycles. The lowest BCUT2D eigenvalue weighted by Gasteiger charge is -2.18. The minimum atomic E-state index is -0.791. The van der Waals surface area contributed by atoms with Crippen LogP contribution in [0.3, 0.4) is 0 Å². The lowest BCUT2D eigenvalue weighted by atomic mass is 10.1. The van der Waals surface area contributed by atoms with Crippen LogP contribution in [-0.4, -0.2) is 37.2 Å². The summed E-state index contributed by atoms with van der Waals surface area (Å²) in [5.74, 6) is -0.932. The zero-order chi connectivity index (χ0) is 52.2. The quantitative estimate of drug-likeness (QED) is 0.0261. The summed E-state index contributed by atoms with van der Waals surface area (Å²) >= 11 is 0. The van der Waals surface area contributed by atoms with Crippen molar-refractivity contribution < 1.29 is 28.6 Å². The summed E-state index contributed by atoms with van der Waals surface area (Å²) in [6.45, 7) is 6.41. The molecule has 1 unspecified atom stereocenters. The minimum absolute atomic E-state index is 0.0900. The fraction of sp³-hybridized carbons (Fsp3) is 0.652. The largest absolute Gasteiger partial charge is 0.462 e. The van der Waals surface area contributed by atoms with Gasteiger partial charge in [-0.1, -0.05) is 245 Å². The zero-order valence-electron chi connectivity index (χ0n) is 46.7. The maximum atomic E-state index is 12.8. The topological polar surface area (TPSA) is 78.9 Å². The van der Waals surface area contributed by atoms with Gasteiger partial charge in [0.15, 0.2) is 6.10 Å². The highest BCUT2D eigenvalue weighted by atomic mass is 16.6. The molecule has 0 N–H and O–H groups in total. The Labute approximate surface area is 443 Å². The summed E-state index contributed by atoms with van der Waals surface area (Å²) < 4.78 is 16.7. The molecule has 0 fully saturated rings. The van der Waals surface area contributed by atoms with Crippen LogP contribution >= 0.6 is 0 Å². The van der Waals surface area contributed by atoms with Crippen LogP contribution in [0.2, 0.25) is 0 Å². The lowest BCUT2D eigenvalue weighted by Crippen LogP contribution is -2.30. The third kappa shape index (κ3) is 56.7. The van der Waals surface area contributed by atoms with E-state index < -0.39 is 6.10 Å². The van der Waals surface area contributed by atoms with Gasteiger partial charge in [0, 0.05) is 19.3 Å². The van der Waals surface area contributed by atoms with Gasteiger partial charge >= 0.3 is 17.9 Å². The Hall–Kier alpha value is -4.19. The summed E-state index contributed by atoms with van der Waals surface area (Å²) in [6, 6.07) is 0. The number of unbranched alkanes of at least 4 members (excludes halogenated alkanes) is 21. The van der Waals surface area contributed by atoms with Gasteiger partial charge in [0.25, 0.3) is 0 Å². The van der Waals surface area contributed by atoms with Crippen LogP contribution in [0.1, 0.15) is 258 Å². The third-order valence-corrected chi connectivity index (χ3v) is 12.2. The zero-order valence-corrected chi connectivity index (χ0v) is 46.7. The molecule has 0 bridgehead atoms. The molecule has 72 heavy (non-hydrogen) atoms. The van der Waals surface area contributed by atoms with Crippen LogP contribution in [-0.2, 0) is 28.6 Å². The molecule has 1 atom stereocenters. The second kappa shape index (κ2) is 59.4. The number of ether oxygens (including phenoxy) is 3. The molecule has 0 spiro atoms. The Morgan fingerprint density at radius 3 is 0.875 bits per heavy atom. The number of hydrogen-bond donors (Lipinski definition) is 0. The van der Waals surface area contributed by atoms with Gasteiger partial charge in [0.05, 0.1) is 0 Å². The molecule has 0 aliphatic carbocycles. The highest BCUT2D eigenvalue weighted by Crippen LogP contribution is 2.14. The van der Waals surface area contributed by atoms with E-state index in [0.717, 1.165) is 128 Å². The predicted molar refractivity (Wildman–Crippen MR) is 311 cm³/mol. The van der Waals surface area contributed by atoms with Gasteiger partial charge in [-0.3, -0.25) is 14.4 Å². The predicted octanol–water partition coefficient (Wildman–Crippen LogP) is 20.0. The second-order valence-corrected chi connectivity index (χ2v) is 19.2. The molecule has 0 amide bonds. The number of allylic oxidation sites excluding steroid dienone is 20. The highest BCUT2D eigenvalue weighted by molar-refractivity contribution is 5.71. The van der Waals surface area contributed by atoms with E-state index in [1.165, 1.54) is 89.9 Å². The molecule has 0 aliphatic heterocycles. The first-order chi connectivity index (χ1) is 35.5. The van der Waals surface area contributed by atoms with Crippen LogP contribution in [0.15, 0.2) is 122 Å². The maximum Gasteiger partial charge on any atom is 0.306 e. The summed E-state index contributed by atoms with van der Waals surface area (Å²) in [7, 11) is 0. The van der Waals surface area contributed by atoms with Crippen LogP contribution in [0.5, 0.6) is 0 Å². The standard InChI is InChI=1S/C66H108O6/c1-4-7-10-13-16-18-20-22-24-26-28-29-30-31-32-33-34-35-36-37-39-40-42-44-46-48-50-53-56-59-65(68)71-62-63(61-70-64(67)58-55-52-15-12-9-6-3)72-66(69)60-57-54-51-49-47-45-43-41-38-27-25-23-21-19-17-14-11-8-5-2/h7,10,16-19,22-25,28-29,31-32,34-35,37,39,42,44,63H,4-6,8-9,11-15,20-21,26-27,30,33,36,38,40-41,43,45-62H2,1-3H3/b10-7-,18-16-,19-17-,24-22-,25-23-,29-28-,32-31-,35-34-,39-37-,44-42-. The molecular formula is C66H108O6. The molecule has 0 aromatic carbocycles. The molecule has 6 nitrogen and oxygen atoms in total. The Morgan fingerprint density at radius 1 is 0.292 bits per heavy atom. The van der Waals surface area contributed by atoms with Crippen molar-refractivity contribution in [3.8, 4) is 0 Å². The Balaban J connectivity index is 4.22. The molecule has 0 aromatic heterocycles. The van der Waals surface area contributed by atoms with Crippen molar-refractivity contribution in [3.63, 3.8) is 0 Å². The molecule has 408 valence electrons. The van der Waals surface area contributed by atoms with E-state index in [1.54, 1.807) is 0 Å². The van der Waals surface area contributed by atoms with Crippen molar-refractivity contribution in [1.29, 1.82) is 0 Å². The van der Waals surface area contributed by atoms with Gasteiger partial charge in [-0.25, -0.2) is 0 Å². The van der Waals surface area contributed by atoms with E-state index in [4.69, 9.17) is 14.2 Å². The summed E-state index contributed by atoms with van der Waals surface area (Å²) in [6.07, 6.45) is 82.2. The molecule has 0 aromatic rings. The van der Waals surface area contributed by atoms with Crippen molar-refractivity contribution >= 4 is 17.9 Å². The first-order valence-corrected chi connectivity index (χ1v) is 29.5. The van der Waals surface area contributed by atoms with Gasteiger partial charge < -0.3 is 14.2 Å². The Morgan fingerprint density at radius 2 is 0.542 bits per heavy atom. The van der Waals surface area contributed by atoms with Gasteiger partial charge in [0.2, 0.25) is 0 Å². The number of hydrogen-bond acceptors (Lipinski definition) is 6. The molecular weight excluding hydrogens is 889 g/mol. The van der Waals surface area contributed by atoms with Crippen molar-refractivity contribution in [2.24, 2.45) is 0 Å². The van der Waals surface area contributed by atoms with E-state index >= 15 is 0 Å². The third-order valence-electron chi connectivity index (χ3n) is 12.2. The molecule has 0 aliphatic rings. The monoisotopic (exact) mass is 997 g/mol. The summed E-state index contributed by atoms with van der Waals surface area (Å²) in [5, 5.41) is 0. The van der Waals surface area contributed by atoms with Crippen molar-refractivity contribution in [2.45, 2.75) is 264 Å². The van der Waals surface area contributed by atoms with Gasteiger partial charge in [-0.2, -0.15) is 0 Å². The van der Waals surface area contributed by atoms with E-state index in [1.807, 2.05) is 0 Å². The van der Waals surface area contributed by atoms with E-state index in [2.05, 4.69) is 142 Å². The summed E-state index contributed by atoms with van der Waals surface area (Å²) in [5.41, 5.74) is 0. The molecule has 6 heteroatoms. The van der Waals surface area contributed by atoms with Gasteiger partial charge in [-0.15, -0.1) is 0 Å². The van der Waals surface area contributed by atoms with Crippen molar-refractivity contribution in [2.75, 3.05) is 13.2 Å². The van der Waals surface area contributed by atoms with E-state index in [9.17, 15) is 14.4 Å². The van der Waals surface area contributed by atoms with Gasteiger partial charge in [-0.05, 0) is 116 Å². The second-order valence-electron chi connectivity index (χ2n) is 19.2. The average Bonchev–Trinajstić information content (AvgIpc) is 3.38. The lowest BCUT2D eigenvalue weighted by molar-refractivity contribution is -0.167. The molecule has 0 saturated carbocycles. The first-order valence-electron chi connectivity index (χ1n) is 29.5.